The van der Waals surface area contributed by atoms with Gasteiger partial charge < -0.3 is 0 Å². The normalized spacial score (nSPS) is 13.0. The average molecular weight is 365 g/mol. The van der Waals surface area contributed by atoms with Gasteiger partial charge in [-0.3, -0.25) is 0 Å². The van der Waals surface area contributed by atoms with Gasteiger partial charge in [0, 0.05) is 0 Å². The monoisotopic (exact) mass is 365 g/mol. The zero-order valence-corrected chi connectivity index (χ0v) is 14.8. The quantitative estimate of drug-likeness (QED) is 0.537. The third-order valence-electron chi connectivity index (χ3n) is 3.24. The molecule has 0 aromatic heterocycles. The number of aliphatic imine (C=N–C) groups is 1. The van der Waals surface area contributed by atoms with Crippen LogP contribution in [0.5, 0.6) is 0 Å². The molecule has 0 radical (unpaired) electrons. The maximum atomic E-state index is 6.17. The Hall–Kier alpha value is -1.08. The number of halogens is 1. The van der Waals surface area contributed by atoms with Crippen molar-refractivity contribution in [2.45, 2.75) is 25.2 Å². The number of nitrogens with zero attached hydrogens (tertiary/aromatic N) is 1. The zero-order chi connectivity index (χ0) is 15.1. The summed E-state index contributed by atoms with van der Waals surface area (Å²) < 4.78 is 1.43. The first kappa shape index (κ1) is 16.3. The molecule has 0 unspecified atom stereocenters. The molecule has 0 aliphatic heterocycles. The van der Waals surface area contributed by atoms with Crippen molar-refractivity contribution >= 4 is 37.2 Å². The van der Waals surface area contributed by atoms with E-state index >= 15 is 0 Å². The predicted octanol–water partition coefficient (Wildman–Crippen LogP) is 4.23. The van der Waals surface area contributed by atoms with Gasteiger partial charge in [-0.25, -0.2) is 0 Å². The second-order valence-corrected chi connectivity index (χ2v) is 7.94. The van der Waals surface area contributed by atoms with Crippen LogP contribution in [-0.4, -0.2) is 27.2 Å². The fraction of sp³-hybridized carbons (Fsp3) is 0.278. The third-order valence-corrected chi connectivity index (χ3v) is 5.92. The van der Waals surface area contributed by atoms with Crippen LogP contribution in [0.15, 0.2) is 59.6 Å². The number of rotatable bonds is 6. The SMILES string of the molecule is CC(C)[C@@H](C[Se]c1ccccc1)N=Cc1ccccc1Cl. The Labute approximate surface area is 138 Å². The van der Waals surface area contributed by atoms with E-state index in [9.17, 15) is 0 Å². The average Bonchev–Trinajstić information content (AvgIpc) is 2.49. The van der Waals surface area contributed by atoms with Crippen LogP contribution in [0.25, 0.3) is 0 Å². The molecular formula is C18H20ClNSe. The number of benzene rings is 2. The van der Waals surface area contributed by atoms with Crippen molar-refractivity contribution in [3.8, 4) is 0 Å². The van der Waals surface area contributed by atoms with E-state index in [1.807, 2.05) is 30.5 Å². The van der Waals surface area contributed by atoms with Gasteiger partial charge in [-0.15, -0.1) is 0 Å². The second-order valence-electron chi connectivity index (χ2n) is 5.24. The maximum absolute atomic E-state index is 6.17. The molecule has 0 bridgehead atoms. The van der Waals surface area contributed by atoms with Gasteiger partial charge in [0.1, 0.15) is 0 Å². The van der Waals surface area contributed by atoms with Crippen LogP contribution in [0.2, 0.25) is 10.3 Å². The molecule has 2 aromatic carbocycles. The van der Waals surface area contributed by atoms with Crippen LogP contribution >= 0.6 is 11.6 Å². The van der Waals surface area contributed by atoms with Crippen molar-refractivity contribution in [1.29, 1.82) is 0 Å². The van der Waals surface area contributed by atoms with Crippen LogP contribution in [0, 0.1) is 5.92 Å². The van der Waals surface area contributed by atoms with Gasteiger partial charge in [0.15, 0.2) is 0 Å². The molecular weight excluding hydrogens is 345 g/mol. The molecule has 0 saturated heterocycles. The Kier molecular flexibility index (Phi) is 6.50. The molecule has 0 saturated carbocycles. The Morgan fingerprint density at radius 1 is 1.05 bits per heavy atom. The Balaban J connectivity index is 2.01. The van der Waals surface area contributed by atoms with E-state index in [2.05, 4.69) is 44.2 Å². The van der Waals surface area contributed by atoms with Crippen molar-refractivity contribution in [3.05, 3.63) is 65.2 Å². The molecule has 0 aliphatic carbocycles. The summed E-state index contributed by atoms with van der Waals surface area (Å²) in [5.41, 5.74) is 0.997. The minimum atomic E-state index is 0.349. The van der Waals surface area contributed by atoms with Crippen LogP contribution in [0.1, 0.15) is 19.4 Å². The van der Waals surface area contributed by atoms with Gasteiger partial charge in [-0.05, 0) is 0 Å². The molecule has 21 heavy (non-hydrogen) atoms. The first-order valence-corrected chi connectivity index (χ1v) is 9.57. The van der Waals surface area contributed by atoms with E-state index in [1.54, 1.807) is 0 Å². The van der Waals surface area contributed by atoms with Crippen LogP contribution in [0.3, 0.4) is 0 Å². The van der Waals surface area contributed by atoms with Crippen molar-refractivity contribution in [1.82, 2.24) is 0 Å². The fourth-order valence-corrected chi connectivity index (χ4v) is 4.53. The van der Waals surface area contributed by atoms with Crippen molar-refractivity contribution in [2.75, 3.05) is 0 Å². The van der Waals surface area contributed by atoms with Gasteiger partial charge in [-0.1, -0.05) is 0 Å². The summed E-state index contributed by atoms with van der Waals surface area (Å²) in [7, 11) is 0. The molecule has 0 aliphatic rings. The number of hydrogen-bond acceptors (Lipinski definition) is 1. The van der Waals surface area contributed by atoms with Gasteiger partial charge in [0.05, 0.1) is 0 Å². The Bertz CT molecular complexity index is 581. The molecule has 1 atom stereocenters. The Morgan fingerprint density at radius 3 is 2.38 bits per heavy atom. The van der Waals surface area contributed by atoms with E-state index in [4.69, 9.17) is 16.6 Å². The molecule has 0 amide bonds. The summed E-state index contributed by atoms with van der Waals surface area (Å²) in [6.45, 7) is 4.46. The topological polar surface area (TPSA) is 12.4 Å². The van der Waals surface area contributed by atoms with Crippen LogP contribution < -0.4 is 4.46 Å². The van der Waals surface area contributed by atoms with Crippen molar-refractivity contribution in [2.24, 2.45) is 10.9 Å². The summed E-state index contributed by atoms with van der Waals surface area (Å²) in [5, 5.41) is 1.88. The van der Waals surface area contributed by atoms with Gasteiger partial charge in [-0.2, -0.15) is 0 Å². The molecule has 0 fully saturated rings. The zero-order valence-electron chi connectivity index (χ0n) is 12.4. The fourth-order valence-electron chi connectivity index (χ4n) is 1.86. The summed E-state index contributed by atoms with van der Waals surface area (Å²) in [4.78, 5) is 4.78. The molecule has 0 heterocycles. The first-order chi connectivity index (χ1) is 10.2. The van der Waals surface area contributed by atoms with Gasteiger partial charge in [0.2, 0.25) is 0 Å². The van der Waals surface area contributed by atoms with Gasteiger partial charge in [0.25, 0.3) is 0 Å². The minimum absolute atomic E-state index is 0.349. The molecule has 3 heteroatoms. The molecule has 0 N–H and O–H groups in total. The number of hydrogen-bond donors (Lipinski definition) is 0. The third kappa shape index (κ3) is 5.32. The first-order valence-electron chi connectivity index (χ1n) is 7.12. The van der Waals surface area contributed by atoms with Crippen molar-refractivity contribution < 1.29 is 0 Å². The van der Waals surface area contributed by atoms with E-state index in [0.717, 1.165) is 15.9 Å². The summed E-state index contributed by atoms with van der Waals surface area (Å²) in [5.74, 6) is 0.536. The van der Waals surface area contributed by atoms with E-state index < -0.39 is 0 Å². The molecule has 2 aromatic rings. The van der Waals surface area contributed by atoms with Crippen molar-refractivity contribution in [3.63, 3.8) is 0 Å². The second kappa shape index (κ2) is 8.38. The molecule has 2 rings (SSSR count). The van der Waals surface area contributed by atoms with E-state index in [0.29, 0.717) is 26.9 Å². The van der Waals surface area contributed by atoms with Gasteiger partial charge >= 0.3 is 139 Å². The van der Waals surface area contributed by atoms with E-state index in [-0.39, 0.29) is 0 Å². The van der Waals surface area contributed by atoms with Crippen LogP contribution in [0.4, 0.5) is 0 Å². The Morgan fingerprint density at radius 2 is 1.71 bits per heavy atom. The molecule has 1 nitrogen and oxygen atoms in total. The van der Waals surface area contributed by atoms with E-state index in [1.165, 1.54) is 4.46 Å². The summed E-state index contributed by atoms with van der Waals surface area (Å²) >= 11 is 6.64. The van der Waals surface area contributed by atoms with Crippen LogP contribution in [-0.2, 0) is 0 Å². The summed E-state index contributed by atoms with van der Waals surface area (Å²) in [6.07, 6.45) is 1.92. The molecule has 0 spiro atoms. The molecule has 110 valence electrons. The standard InChI is InChI=1S/C18H20ClNSe/c1-14(2)18(13-21-16-9-4-3-5-10-16)20-12-15-8-6-7-11-17(15)19/h3-12,14,18H,13H2,1-2H3/t18-/m1/s1. The predicted molar refractivity (Wildman–Crippen MR) is 94.3 cm³/mol. The summed E-state index contributed by atoms with van der Waals surface area (Å²) in [6, 6.07) is 18.9.